The van der Waals surface area contributed by atoms with E-state index < -0.39 is 0 Å². The lowest BCUT2D eigenvalue weighted by atomic mass is 10.1. The molecule has 0 aliphatic rings. The van der Waals surface area contributed by atoms with E-state index in [-0.39, 0.29) is 17.1 Å². The molecule has 0 aliphatic heterocycles. The minimum atomic E-state index is -0.380. The topological polar surface area (TPSA) is 68.9 Å². The number of pyridine rings is 2. The van der Waals surface area contributed by atoms with Gasteiger partial charge in [0.2, 0.25) is 5.91 Å². The van der Waals surface area contributed by atoms with Crippen molar-refractivity contribution in [1.82, 2.24) is 4.98 Å². The molecule has 1 aromatic carbocycles. The van der Waals surface area contributed by atoms with E-state index in [1.807, 2.05) is 44.2 Å². The first-order valence-corrected chi connectivity index (χ1v) is 8.93. The second-order valence-corrected chi connectivity index (χ2v) is 7.17. The quantitative estimate of drug-likeness (QED) is 0.432. The van der Waals surface area contributed by atoms with E-state index in [1.165, 1.54) is 18.0 Å². The van der Waals surface area contributed by atoms with Crippen molar-refractivity contribution in [3.05, 3.63) is 66.1 Å². The highest BCUT2D eigenvalue weighted by Gasteiger charge is 2.27. The standard InChI is InChI=1S/C19H19N3O2S/c1-13(2)18(25-17-10-3-4-12-22(17)24)19(23)21-16-9-5-8-15-14(16)7-6-11-20-15/h3-13,18H,1-2H3,(H,21,23)/t18-/m1/s1. The van der Waals surface area contributed by atoms with Crippen LogP contribution < -0.4 is 10.0 Å². The number of rotatable bonds is 5. The number of carbonyl (C=O) groups is 1. The van der Waals surface area contributed by atoms with Crippen LogP contribution in [0, 0.1) is 11.1 Å². The molecule has 3 aromatic rings. The third-order valence-corrected chi connectivity index (χ3v) is 5.37. The van der Waals surface area contributed by atoms with Crippen LogP contribution in [0.1, 0.15) is 13.8 Å². The molecule has 0 saturated heterocycles. The summed E-state index contributed by atoms with van der Waals surface area (Å²) in [6.07, 6.45) is 3.16. The SMILES string of the molecule is CC(C)[C@@H](Sc1cccc[n+]1[O-])C(=O)Nc1cccc2ncccc12. The lowest BCUT2D eigenvalue weighted by Gasteiger charge is -2.19. The molecule has 0 fully saturated rings. The van der Waals surface area contributed by atoms with Crippen molar-refractivity contribution < 1.29 is 9.52 Å². The molecule has 25 heavy (non-hydrogen) atoms. The predicted octanol–water partition coefficient (Wildman–Crippen LogP) is 3.62. The maximum atomic E-state index is 12.8. The first-order valence-electron chi connectivity index (χ1n) is 8.05. The maximum absolute atomic E-state index is 12.8. The third kappa shape index (κ3) is 3.91. The molecule has 1 amide bonds. The van der Waals surface area contributed by atoms with Crippen molar-refractivity contribution in [2.45, 2.75) is 24.1 Å². The van der Waals surface area contributed by atoms with Crippen molar-refractivity contribution in [1.29, 1.82) is 0 Å². The molecule has 0 spiro atoms. The summed E-state index contributed by atoms with van der Waals surface area (Å²) < 4.78 is 0.787. The Morgan fingerprint density at radius 3 is 2.76 bits per heavy atom. The fraction of sp³-hybridized carbons (Fsp3) is 0.211. The maximum Gasteiger partial charge on any atom is 0.252 e. The van der Waals surface area contributed by atoms with E-state index in [9.17, 15) is 10.0 Å². The summed E-state index contributed by atoms with van der Waals surface area (Å²) >= 11 is 1.28. The van der Waals surface area contributed by atoms with Gasteiger partial charge in [-0.05, 0) is 48.0 Å². The van der Waals surface area contributed by atoms with Gasteiger partial charge in [0.1, 0.15) is 0 Å². The van der Waals surface area contributed by atoms with E-state index in [0.717, 1.165) is 21.3 Å². The summed E-state index contributed by atoms with van der Waals surface area (Å²) in [7, 11) is 0. The van der Waals surface area contributed by atoms with Gasteiger partial charge in [0.15, 0.2) is 6.20 Å². The Bertz CT molecular complexity index is 893. The van der Waals surface area contributed by atoms with E-state index in [2.05, 4.69) is 10.3 Å². The summed E-state index contributed by atoms with van der Waals surface area (Å²) in [6.45, 7) is 3.94. The predicted molar refractivity (Wildman–Crippen MR) is 100 cm³/mol. The first kappa shape index (κ1) is 17.2. The number of hydrogen-bond donors (Lipinski definition) is 1. The number of nitrogens with one attached hydrogen (secondary N) is 1. The molecule has 2 aromatic heterocycles. The molecule has 128 valence electrons. The fourth-order valence-electron chi connectivity index (χ4n) is 2.54. The minimum Gasteiger partial charge on any atom is -0.618 e. The van der Waals surface area contributed by atoms with E-state index in [1.54, 1.807) is 24.4 Å². The number of fused-ring (bicyclic) bond motifs is 1. The van der Waals surface area contributed by atoms with Gasteiger partial charge >= 0.3 is 0 Å². The second kappa shape index (κ2) is 7.53. The van der Waals surface area contributed by atoms with Gasteiger partial charge in [0, 0.05) is 23.7 Å². The molecule has 3 rings (SSSR count). The minimum absolute atomic E-state index is 0.0679. The zero-order chi connectivity index (χ0) is 17.8. The molecular weight excluding hydrogens is 334 g/mol. The lowest BCUT2D eigenvalue weighted by Crippen LogP contribution is -2.34. The highest BCUT2D eigenvalue weighted by molar-refractivity contribution is 8.00. The fourth-order valence-corrected chi connectivity index (χ4v) is 3.56. The Kier molecular flexibility index (Phi) is 5.19. The number of anilines is 1. The smallest absolute Gasteiger partial charge is 0.252 e. The van der Waals surface area contributed by atoms with Crippen LogP contribution in [-0.4, -0.2) is 16.1 Å². The zero-order valence-corrected chi connectivity index (χ0v) is 14.9. The normalized spacial score (nSPS) is 12.3. The van der Waals surface area contributed by atoms with Crippen LogP contribution in [0.25, 0.3) is 10.9 Å². The summed E-state index contributed by atoms with van der Waals surface area (Å²) in [5.74, 6) is -0.0569. The number of nitrogens with zero attached hydrogens (tertiary/aromatic N) is 2. The lowest BCUT2D eigenvalue weighted by molar-refractivity contribution is -0.645. The van der Waals surface area contributed by atoms with Gasteiger partial charge in [-0.3, -0.25) is 9.78 Å². The van der Waals surface area contributed by atoms with Gasteiger partial charge in [-0.2, -0.15) is 4.73 Å². The molecule has 0 aliphatic carbocycles. The molecule has 1 N–H and O–H groups in total. The van der Waals surface area contributed by atoms with Crippen LogP contribution in [-0.2, 0) is 4.79 Å². The second-order valence-electron chi connectivity index (χ2n) is 6.01. The Hall–Kier alpha value is -2.60. The van der Waals surface area contributed by atoms with Gasteiger partial charge in [-0.25, -0.2) is 0 Å². The Labute approximate surface area is 150 Å². The Balaban J connectivity index is 1.85. The summed E-state index contributed by atoms with van der Waals surface area (Å²) in [5.41, 5.74) is 1.56. The van der Waals surface area contributed by atoms with Gasteiger partial charge in [0.05, 0.1) is 16.5 Å². The van der Waals surface area contributed by atoms with Crippen molar-refractivity contribution in [2.75, 3.05) is 5.32 Å². The highest BCUT2D eigenvalue weighted by Crippen LogP contribution is 2.28. The summed E-state index contributed by atoms with van der Waals surface area (Å²) in [6, 6.07) is 14.6. The van der Waals surface area contributed by atoms with Gasteiger partial charge < -0.3 is 10.5 Å². The molecule has 5 nitrogen and oxygen atoms in total. The summed E-state index contributed by atoms with van der Waals surface area (Å²) in [5, 5.41) is 15.9. The monoisotopic (exact) mass is 353 g/mol. The zero-order valence-electron chi connectivity index (χ0n) is 14.0. The molecule has 0 bridgehead atoms. The molecule has 1 atom stereocenters. The number of carbonyl (C=O) groups excluding carboxylic acids is 1. The van der Waals surface area contributed by atoms with Crippen LogP contribution in [0.5, 0.6) is 0 Å². The molecule has 0 unspecified atom stereocenters. The van der Waals surface area contributed by atoms with Crippen LogP contribution in [0.4, 0.5) is 5.69 Å². The molecule has 0 saturated carbocycles. The van der Waals surface area contributed by atoms with Crippen molar-refractivity contribution in [3.8, 4) is 0 Å². The number of aromatic nitrogens is 2. The van der Waals surface area contributed by atoms with Gasteiger partial charge in [-0.15, -0.1) is 0 Å². The Morgan fingerprint density at radius 1 is 1.16 bits per heavy atom. The number of amides is 1. The van der Waals surface area contributed by atoms with Crippen molar-refractivity contribution in [2.24, 2.45) is 5.92 Å². The van der Waals surface area contributed by atoms with Crippen LogP contribution >= 0.6 is 11.8 Å². The summed E-state index contributed by atoms with van der Waals surface area (Å²) in [4.78, 5) is 17.2. The average molecular weight is 353 g/mol. The van der Waals surface area contributed by atoms with E-state index >= 15 is 0 Å². The Morgan fingerprint density at radius 2 is 2.00 bits per heavy atom. The molecule has 0 radical (unpaired) electrons. The largest absolute Gasteiger partial charge is 0.618 e. The van der Waals surface area contributed by atoms with Crippen LogP contribution in [0.15, 0.2) is 66.0 Å². The number of thioether (sulfide) groups is 1. The van der Waals surface area contributed by atoms with E-state index in [4.69, 9.17) is 0 Å². The van der Waals surface area contributed by atoms with Gasteiger partial charge in [-0.1, -0.05) is 19.9 Å². The number of benzene rings is 1. The van der Waals surface area contributed by atoms with Crippen molar-refractivity contribution in [3.63, 3.8) is 0 Å². The van der Waals surface area contributed by atoms with Crippen LogP contribution in [0.2, 0.25) is 0 Å². The average Bonchev–Trinajstić information content (AvgIpc) is 2.61. The highest BCUT2D eigenvalue weighted by atomic mass is 32.2. The first-order chi connectivity index (χ1) is 12.1. The van der Waals surface area contributed by atoms with Crippen LogP contribution in [0.3, 0.4) is 0 Å². The number of hydrogen-bond acceptors (Lipinski definition) is 4. The molecular formula is C19H19N3O2S. The van der Waals surface area contributed by atoms with Crippen molar-refractivity contribution >= 4 is 34.3 Å². The molecule has 2 heterocycles. The van der Waals surface area contributed by atoms with E-state index in [0.29, 0.717) is 5.03 Å². The third-order valence-electron chi connectivity index (χ3n) is 3.80. The molecule has 6 heteroatoms. The van der Waals surface area contributed by atoms with Gasteiger partial charge in [0.25, 0.3) is 5.03 Å².